The minimum absolute atomic E-state index is 0. The number of amides is 1. The van der Waals surface area contributed by atoms with E-state index in [1.165, 1.54) is 5.56 Å². The smallest absolute Gasteiger partial charge is 0.221 e. The Morgan fingerprint density at radius 1 is 1.05 bits per heavy atom. The van der Waals surface area contributed by atoms with Crippen LogP contribution in [0, 0.1) is 0 Å². The van der Waals surface area contributed by atoms with Gasteiger partial charge in [0.05, 0.1) is 0 Å². The van der Waals surface area contributed by atoms with Gasteiger partial charge in [-0.05, 0) is 31.3 Å². The van der Waals surface area contributed by atoms with Gasteiger partial charge in [-0.1, -0.05) is 38.1 Å². The van der Waals surface area contributed by atoms with Crippen LogP contribution in [0.5, 0.6) is 0 Å². The van der Waals surface area contributed by atoms with Crippen molar-refractivity contribution in [2.75, 3.05) is 26.7 Å². The predicted molar refractivity (Wildman–Crippen MR) is 98.0 cm³/mol. The van der Waals surface area contributed by atoms with Gasteiger partial charge in [-0.3, -0.25) is 9.69 Å². The molecule has 1 amide bonds. The summed E-state index contributed by atoms with van der Waals surface area (Å²) >= 11 is 0. The maximum Gasteiger partial charge on any atom is 0.221 e. The van der Waals surface area contributed by atoms with Gasteiger partial charge in [-0.25, -0.2) is 0 Å². The van der Waals surface area contributed by atoms with Crippen LogP contribution < -0.4 is 10.6 Å². The van der Waals surface area contributed by atoms with Crippen molar-refractivity contribution < 1.29 is 4.79 Å². The van der Waals surface area contributed by atoms with E-state index in [9.17, 15) is 4.79 Å². The quantitative estimate of drug-likeness (QED) is 0.720. The van der Waals surface area contributed by atoms with E-state index in [-0.39, 0.29) is 30.7 Å². The predicted octanol–water partition coefficient (Wildman–Crippen LogP) is 2.60. The van der Waals surface area contributed by atoms with Crippen LogP contribution >= 0.6 is 24.8 Å². The number of hydrogen-bond donors (Lipinski definition) is 2. The maximum absolute atomic E-state index is 11.5. The summed E-state index contributed by atoms with van der Waals surface area (Å²) in [7, 11) is 1.85. The highest BCUT2D eigenvalue weighted by Crippen LogP contribution is 2.07. The number of benzene rings is 1. The minimum Gasteiger partial charge on any atom is -0.352 e. The summed E-state index contributed by atoms with van der Waals surface area (Å²) in [4.78, 5) is 13.9. The second-order valence-corrected chi connectivity index (χ2v) is 4.91. The van der Waals surface area contributed by atoms with Gasteiger partial charge >= 0.3 is 0 Å². The molecule has 0 fully saturated rings. The van der Waals surface area contributed by atoms with Gasteiger partial charge in [0.1, 0.15) is 0 Å². The van der Waals surface area contributed by atoms with Crippen molar-refractivity contribution in [1.82, 2.24) is 15.5 Å². The summed E-state index contributed by atoms with van der Waals surface area (Å²) in [6.45, 7) is 8.81. The largest absolute Gasteiger partial charge is 0.352 e. The third-order valence-electron chi connectivity index (χ3n) is 3.42. The van der Waals surface area contributed by atoms with E-state index < -0.39 is 0 Å². The lowest BCUT2D eigenvalue weighted by molar-refractivity contribution is -0.121. The van der Waals surface area contributed by atoms with Crippen LogP contribution in [-0.4, -0.2) is 37.5 Å². The molecular weight excluding hydrogens is 321 g/mol. The molecule has 0 radical (unpaired) electrons. The standard InChI is InChI=1S/C16H27N3O.2ClH/c1-4-19(5-2)13-15-8-6-14(7-9-15)12-18-16(20)10-11-17-3;;/h6-9,17H,4-5,10-13H2,1-3H3,(H,18,20);2*1H. The molecule has 0 atom stereocenters. The third-order valence-corrected chi connectivity index (χ3v) is 3.42. The first kappa shape index (κ1) is 23.5. The van der Waals surface area contributed by atoms with Crippen LogP contribution in [0.1, 0.15) is 31.4 Å². The molecule has 0 saturated heterocycles. The minimum atomic E-state index is 0. The molecule has 0 spiro atoms. The molecule has 0 aliphatic rings. The molecule has 0 saturated carbocycles. The number of nitrogens with one attached hydrogen (secondary N) is 2. The van der Waals surface area contributed by atoms with Crippen LogP contribution in [0.4, 0.5) is 0 Å². The normalized spacial score (nSPS) is 9.82. The SMILES string of the molecule is CCN(CC)Cc1ccc(CNC(=O)CCNC)cc1.Cl.Cl. The fourth-order valence-corrected chi connectivity index (χ4v) is 2.00. The zero-order valence-electron chi connectivity index (χ0n) is 13.7. The van der Waals surface area contributed by atoms with Gasteiger partial charge < -0.3 is 10.6 Å². The molecule has 0 aromatic heterocycles. The van der Waals surface area contributed by atoms with E-state index in [0.29, 0.717) is 19.5 Å². The molecule has 0 aliphatic heterocycles. The lowest BCUT2D eigenvalue weighted by Gasteiger charge is -2.18. The van der Waals surface area contributed by atoms with Gasteiger partial charge in [0.2, 0.25) is 5.91 Å². The zero-order valence-corrected chi connectivity index (χ0v) is 15.4. The highest BCUT2D eigenvalue weighted by molar-refractivity contribution is 5.85. The van der Waals surface area contributed by atoms with Crippen molar-refractivity contribution in [3.63, 3.8) is 0 Å². The molecular formula is C16H29Cl2N3O. The Morgan fingerprint density at radius 2 is 1.59 bits per heavy atom. The van der Waals surface area contributed by atoms with E-state index in [2.05, 4.69) is 53.6 Å². The molecule has 1 aromatic carbocycles. The Kier molecular flexibility index (Phi) is 14.7. The summed E-state index contributed by atoms with van der Waals surface area (Å²) in [5.41, 5.74) is 2.46. The number of hydrogen-bond acceptors (Lipinski definition) is 3. The second-order valence-electron chi connectivity index (χ2n) is 4.91. The first-order valence-electron chi connectivity index (χ1n) is 7.41. The average Bonchev–Trinajstić information content (AvgIpc) is 2.49. The van der Waals surface area contributed by atoms with Crippen LogP contribution in [-0.2, 0) is 17.9 Å². The number of rotatable bonds is 9. The number of nitrogens with zero attached hydrogens (tertiary/aromatic N) is 1. The fraction of sp³-hybridized carbons (Fsp3) is 0.562. The van der Waals surface area contributed by atoms with Gasteiger partial charge in [-0.15, -0.1) is 24.8 Å². The second kappa shape index (κ2) is 13.8. The van der Waals surface area contributed by atoms with Gasteiger partial charge in [-0.2, -0.15) is 0 Å². The number of carbonyl (C=O) groups is 1. The Hall–Kier alpha value is -0.810. The first-order chi connectivity index (χ1) is 9.69. The Morgan fingerprint density at radius 3 is 2.09 bits per heavy atom. The molecule has 6 heteroatoms. The molecule has 22 heavy (non-hydrogen) atoms. The molecule has 2 N–H and O–H groups in total. The van der Waals surface area contributed by atoms with Gasteiger partial charge in [0.15, 0.2) is 0 Å². The average molecular weight is 350 g/mol. The Labute approximate surface area is 146 Å². The molecule has 0 bridgehead atoms. The molecule has 4 nitrogen and oxygen atoms in total. The Bertz CT molecular complexity index is 395. The van der Waals surface area contributed by atoms with E-state index >= 15 is 0 Å². The van der Waals surface area contributed by atoms with Crippen molar-refractivity contribution in [2.24, 2.45) is 0 Å². The van der Waals surface area contributed by atoms with Crippen molar-refractivity contribution >= 4 is 30.7 Å². The molecule has 1 aromatic rings. The van der Waals surface area contributed by atoms with Crippen molar-refractivity contribution in [2.45, 2.75) is 33.4 Å². The highest BCUT2D eigenvalue weighted by atomic mass is 35.5. The van der Waals surface area contributed by atoms with Gasteiger partial charge in [0, 0.05) is 26.1 Å². The molecule has 0 heterocycles. The van der Waals surface area contributed by atoms with Crippen LogP contribution in [0.15, 0.2) is 24.3 Å². The van der Waals surface area contributed by atoms with Crippen molar-refractivity contribution in [3.05, 3.63) is 35.4 Å². The summed E-state index contributed by atoms with van der Waals surface area (Å²) in [5.74, 6) is 0.0894. The maximum atomic E-state index is 11.5. The lowest BCUT2D eigenvalue weighted by Crippen LogP contribution is -2.26. The molecule has 0 unspecified atom stereocenters. The number of halogens is 2. The Balaban J connectivity index is 0. The van der Waals surface area contributed by atoms with E-state index in [1.807, 2.05) is 7.05 Å². The lowest BCUT2D eigenvalue weighted by atomic mass is 10.1. The summed E-state index contributed by atoms with van der Waals surface area (Å²) in [6.07, 6.45) is 0.524. The summed E-state index contributed by atoms with van der Waals surface area (Å²) in [5, 5.41) is 5.89. The van der Waals surface area contributed by atoms with E-state index in [1.54, 1.807) is 0 Å². The molecule has 0 aliphatic carbocycles. The van der Waals surface area contributed by atoms with Crippen molar-refractivity contribution in [1.29, 1.82) is 0 Å². The van der Waals surface area contributed by atoms with Gasteiger partial charge in [0.25, 0.3) is 0 Å². The zero-order chi connectivity index (χ0) is 14.8. The van der Waals surface area contributed by atoms with E-state index in [4.69, 9.17) is 0 Å². The monoisotopic (exact) mass is 349 g/mol. The highest BCUT2D eigenvalue weighted by Gasteiger charge is 2.02. The third kappa shape index (κ3) is 9.26. The topological polar surface area (TPSA) is 44.4 Å². The fourth-order valence-electron chi connectivity index (χ4n) is 2.00. The molecule has 128 valence electrons. The van der Waals surface area contributed by atoms with E-state index in [0.717, 1.165) is 25.2 Å². The summed E-state index contributed by atoms with van der Waals surface area (Å²) in [6, 6.07) is 8.48. The van der Waals surface area contributed by atoms with Crippen LogP contribution in [0.25, 0.3) is 0 Å². The van der Waals surface area contributed by atoms with Crippen molar-refractivity contribution in [3.8, 4) is 0 Å². The van der Waals surface area contributed by atoms with Crippen LogP contribution in [0.2, 0.25) is 0 Å². The van der Waals surface area contributed by atoms with Crippen LogP contribution in [0.3, 0.4) is 0 Å². The summed E-state index contributed by atoms with van der Waals surface area (Å²) < 4.78 is 0. The number of carbonyl (C=O) groups excluding carboxylic acids is 1. The molecule has 1 rings (SSSR count). The first-order valence-corrected chi connectivity index (χ1v) is 7.41.